The van der Waals surface area contributed by atoms with Gasteiger partial charge in [0.25, 0.3) is 5.91 Å². The Morgan fingerprint density at radius 3 is 2.23 bits per heavy atom. The van der Waals surface area contributed by atoms with Crippen molar-refractivity contribution in [3.8, 4) is 5.75 Å². The third kappa shape index (κ3) is 6.57. The van der Waals surface area contributed by atoms with E-state index in [0.29, 0.717) is 12.3 Å². The Hall–Kier alpha value is -2.37. The molecule has 1 aliphatic heterocycles. The quantitative estimate of drug-likeness (QED) is 0.752. The molecular formula is C25H34N2O3. The summed E-state index contributed by atoms with van der Waals surface area (Å²) in [5, 5.41) is 2.96. The molecule has 0 bridgehead atoms. The first-order valence-electron chi connectivity index (χ1n) is 10.7. The van der Waals surface area contributed by atoms with Crippen LogP contribution in [0.5, 0.6) is 5.75 Å². The van der Waals surface area contributed by atoms with Gasteiger partial charge in [-0.25, -0.2) is 0 Å². The van der Waals surface area contributed by atoms with Crippen molar-refractivity contribution in [1.29, 1.82) is 0 Å². The van der Waals surface area contributed by atoms with Gasteiger partial charge in [0.2, 0.25) is 0 Å². The minimum absolute atomic E-state index is 0.0965. The lowest BCUT2D eigenvalue weighted by atomic mass is 9.87. The molecule has 1 aliphatic rings. The standard InChI is InChI=1S/C25H34N2O3/c1-19(30-23-11-9-22(10-12-23)25(2,3)4)24(28)26-17-20-5-7-21(8-6-20)18-27-13-15-29-16-14-27/h5-12,19H,13-18H2,1-4H3,(H,26,28)/t19-/m0/s1. The van der Waals surface area contributed by atoms with E-state index < -0.39 is 6.10 Å². The predicted molar refractivity (Wildman–Crippen MR) is 120 cm³/mol. The van der Waals surface area contributed by atoms with Gasteiger partial charge in [0.15, 0.2) is 6.10 Å². The maximum Gasteiger partial charge on any atom is 0.261 e. The van der Waals surface area contributed by atoms with E-state index in [0.717, 1.165) is 38.4 Å². The van der Waals surface area contributed by atoms with Crippen molar-refractivity contribution in [2.45, 2.75) is 52.3 Å². The zero-order valence-electron chi connectivity index (χ0n) is 18.6. The van der Waals surface area contributed by atoms with E-state index in [9.17, 15) is 4.79 Å². The predicted octanol–water partition coefficient (Wildman–Crippen LogP) is 3.90. The van der Waals surface area contributed by atoms with Crippen molar-refractivity contribution in [2.24, 2.45) is 0 Å². The van der Waals surface area contributed by atoms with Crippen molar-refractivity contribution < 1.29 is 14.3 Å². The van der Waals surface area contributed by atoms with Crippen LogP contribution in [0.1, 0.15) is 44.4 Å². The number of carbonyl (C=O) groups excluding carboxylic acids is 1. The molecule has 30 heavy (non-hydrogen) atoms. The third-order valence-electron chi connectivity index (χ3n) is 5.40. The van der Waals surface area contributed by atoms with Crippen LogP contribution in [0.4, 0.5) is 0 Å². The average molecular weight is 411 g/mol. The zero-order valence-corrected chi connectivity index (χ0v) is 18.6. The molecule has 0 aromatic heterocycles. The first-order chi connectivity index (χ1) is 14.3. The first-order valence-corrected chi connectivity index (χ1v) is 10.7. The van der Waals surface area contributed by atoms with E-state index in [1.165, 1.54) is 11.1 Å². The molecule has 0 unspecified atom stereocenters. The minimum atomic E-state index is -0.550. The maximum absolute atomic E-state index is 12.4. The second-order valence-corrected chi connectivity index (χ2v) is 8.96. The summed E-state index contributed by atoms with van der Waals surface area (Å²) in [4.78, 5) is 14.8. The molecule has 0 aliphatic carbocycles. The highest BCUT2D eigenvalue weighted by Crippen LogP contribution is 2.24. The van der Waals surface area contributed by atoms with E-state index in [4.69, 9.17) is 9.47 Å². The summed E-state index contributed by atoms with van der Waals surface area (Å²) in [5.41, 5.74) is 3.70. The van der Waals surface area contributed by atoms with Crippen LogP contribution >= 0.6 is 0 Å². The molecule has 1 heterocycles. The molecule has 0 radical (unpaired) electrons. The van der Waals surface area contributed by atoms with Crippen LogP contribution < -0.4 is 10.1 Å². The smallest absolute Gasteiger partial charge is 0.261 e. The largest absolute Gasteiger partial charge is 0.481 e. The summed E-state index contributed by atoms with van der Waals surface area (Å²) < 4.78 is 11.2. The minimum Gasteiger partial charge on any atom is -0.481 e. The van der Waals surface area contributed by atoms with Crippen molar-refractivity contribution in [1.82, 2.24) is 10.2 Å². The van der Waals surface area contributed by atoms with Crippen LogP contribution in [0.3, 0.4) is 0 Å². The van der Waals surface area contributed by atoms with Gasteiger partial charge in [0, 0.05) is 26.2 Å². The van der Waals surface area contributed by atoms with Gasteiger partial charge in [-0.15, -0.1) is 0 Å². The molecule has 3 rings (SSSR count). The Morgan fingerprint density at radius 2 is 1.63 bits per heavy atom. The monoisotopic (exact) mass is 410 g/mol. The van der Waals surface area contributed by atoms with Gasteiger partial charge in [0.1, 0.15) is 5.75 Å². The van der Waals surface area contributed by atoms with Gasteiger partial charge in [-0.3, -0.25) is 9.69 Å². The Morgan fingerprint density at radius 1 is 1.03 bits per heavy atom. The van der Waals surface area contributed by atoms with Crippen LogP contribution in [0, 0.1) is 0 Å². The second-order valence-electron chi connectivity index (χ2n) is 8.96. The topological polar surface area (TPSA) is 50.8 Å². The van der Waals surface area contributed by atoms with Gasteiger partial charge >= 0.3 is 0 Å². The molecule has 1 saturated heterocycles. The van der Waals surface area contributed by atoms with E-state index in [1.54, 1.807) is 6.92 Å². The van der Waals surface area contributed by atoms with Gasteiger partial charge in [0.05, 0.1) is 13.2 Å². The average Bonchev–Trinajstić information content (AvgIpc) is 2.73. The van der Waals surface area contributed by atoms with Crippen LogP contribution in [-0.2, 0) is 28.0 Å². The SMILES string of the molecule is C[C@H](Oc1ccc(C(C)(C)C)cc1)C(=O)NCc1ccc(CN2CCOCC2)cc1. The number of carbonyl (C=O) groups is 1. The molecule has 1 fully saturated rings. The molecule has 162 valence electrons. The van der Waals surface area contributed by atoms with E-state index >= 15 is 0 Å². The van der Waals surface area contributed by atoms with Crippen molar-refractivity contribution in [3.63, 3.8) is 0 Å². The fraction of sp³-hybridized carbons (Fsp3) is 0.480. The normalized spacial score (nSPS) is 16.1. The highest BCUT2D eigenvalue weighted by Gasteiger charge is 2.16. The Balaban J connectivity index is 1.45. The number of hydrogen-bond acceptors (Lipinski definition) is 4. The molecule has 2 aromatic rings. The fourth-order valence-corrected chi connectivity index (χ4v) is 3.40. The lowest BCUT2D eigenvalue weighted by Gasteiger charge is -2.26. The highest BCUT2D eigenvalue weighted by atomic mass is 16.5. The molecule has 5 nitrogen and oxygen atoms in total. The van der Waals surface area contributed by atoms with Gasteiger partial charge in [-0.1, -0.05) is 57.2 Å². The molecule has 1 amide bonds. The number of morpholine rings is 1. The van der Waals surface area contributed by atoms with Crippen LogP contribution in [0.2, 0.25) is 0 Å². The van der Waals surface area contributed by atoms with Gasteiger partial charge in [-0.2, -0.15) is 0 Å². The second kappa shape index (κ2) is 10.1. The summed E-state index contributed by atoms with van der Waals surface area (Å²) in [6, 6.07) is 16.4. The molecule has 5 heteroatoms. The van der Waals surface area contributed by atoms with E-state index in [1.807, 2.05) is 12.1 Å². The molecule has 2 aromatic carbocycles. The number of rotatable bonds is 7. The van der Waals surface area contributed by atoms with E-state index in [-0.39, 0.29) is 11.3 Å². The summed E-state index contributed by atoms with van der Waals surface area (Å²) in [6.07, 6.45) is -0.550. The van der Waals surface area contributed by atoms with Crippen LogP contribution in [0.25, 0.3) is 0 Å². The summed E-state index contributed by atoms with van der Waals surface area (Å²) in [6.45, 7) is 13.3. The van der Waals surface area contributed by atoms with Crippen LogP contribution in [-0.4, -0.2) is 43.2 Å². The van der Waals surface area contributed by atoms with Gasteiger partial charge in [-0.05, 0) is 41.2 Å². The Kier molecular flexibility index (Phi) is 7.51. The number of nitrogens with zero attached hydrogens (tertiary/aromatic N) is 1. The fourth-order valence-electron chi connectivity index (χ4n) is 3.40. The highest BCUT2D eigenvalue weighted by molar-refractivity contribution is 5.80. The Labute approximate surface area is 180 Å². The summed E-state index contributed by atoms with van der Waals surface area (Å²) in [5.74, 6) is 0.588. The number of amides is 1. The Bertz CT molecular complexity index is 804. The third-order valence-corrected chi connectivity index (χ3v) is 5.40. The van der Waals surface area contributed by atoms with Crippen molar-refractivity contribution >= 4 is 5.91 Å². The van der Waals surface area contributed by atoms with Gasteiger partial charge < -0.3 is 14.8 Å². The molecule has 0 spiro atoms. The van der Waals surface area contributed by atoms with E-state index in [2.05, 4.69) is 67.4 Å². The number of ether oxygens (including phenoxy) is 2. The summed E-state index contributed by atoms with van der Waals surface area (Å²) >= 11 is 0. The number of nitrogens with one attached hydrogen (secondary N) is 1. The van der Waals surface area contributed by atoms with Crippen molar-refractivity contribution in [2.75, 3.05) is 26.3 Å². The zero-order chi connectivity index (χ0) is 21.6. The molecule has 1 atom stereocenters. The molecular weight excluding hydrogens is 376 g/mol. The lowest BCUT2D eigenvalue weighted by molar-refractivity contribution is -0.127. The lowest BCUT2D eigenvalue weighted by Crippen LogP contribution is -2.36. The summed E-state index contributed by atoms with van der Waals surface area (Å²) in [7, 11) is 0. The maximum atomic E-state index is 12.4. The molecule has 0 saturated carbocycles. The number of hydrogen-bond donors (Lipinski definition) is 1. The van der Waals surface area contributed by atoms with Crippen molar-refractivity contribution in [3.05, 3.63) is 65.2 Å². The van der Waals surface area contributed by atoms with Crippen LogP contribution in [0.15, 0.2) is 48.5 Å². The number of benzene rings is 2. The molecule has 1 N–H and O–H groups in total. The first kappa shape index (κ1) is 22.3.